The molecule has 0 amide bonds. The van der Waals surface area contributed by atoms with E-state index in [2.05, 4.69) is 9.97 Å². The maximum atomic E-state index is 12.4. The molecule has 1 aromatic heterocycles. The van der Waals surface area contributed by atoms with Gasteiger partial charge >= 0.3 is 5.97 Å². The van der Waals surface area contributed by atoms with Crippen LogP contribution in [-0.4, -0.2) is 23.0 Å². The van der Waals surface area contributed by atoms with E-state index in [4.69, 9.17) is 27.4 Å². The van der Waals surface area contributed by atoms with Crippen molar-refractivity contribution in [2.24, 2.45) is 5.73 Å². The fourth-order valence-electron chi connectivity index (χ4n) is 2.58. The molecule has 0 saturated heterocycles. The molecule has 0 fully saturated rings. The van der Waals surface area contributed by atoms with Crippen LogP contribution in [0.2, 0.25) is 0 Å². The highest BCUT2D eigenvalue weighted by atomic mass is 32.1. The Kier molecular flexibility index (Phi) is 3.75. The minimum absolute atomic E-state index is 0.0715. The molecular weight excluding hydrogens is 318 g/mol. The van der Waals surface area contributed by atoms with Crippen LogP contribution in [-0.2, 0) is 9.53 Å². The zero-order valence-electron chi connectivity index (χ0n) is 12.1. The zero-order chi connectivity index (χ0) is 16.6. The average molecular weight is 331 g/mol. The number of esters is 1. The highest BCUT2D eigenvalue weighted by Gasteiger charge is 2.37. The van der Waals surface area contributed by atoms with Gasteiger partial charge in [0.15, 0.2) is 4.77 Å². The summed E-state index contributed by atoms with van der Waals surface area (Å²) >= 11 is 4.94. The van der Waals surface area contributed by atoms with Crippen molar-refractivity contribution >= 4 is 18.2 Å². The first-order valence-electron chi connectivity index (χ1n) is 6.70. The van der Waals surface area contributed by atoms with Crippen LogP contribution < -0.4 is 16.0 Å². The number of carbonyl (C=O) groups is 1. The number of hydrogen-bond acceptors (Lipinski definition) is 6. The summed E-state index contributed by atoms with van der Waals surface area (Å²) in [6, 6.07) is 9.01. The summed E-state index contributed by atoms with van der Waals surface area (Å²) in [6.07, 6.45) is 0. The van der Waals surface area contributed by atoms with Crippen LogP contribution in [0.1, 0.15) is 17.0 Å². The first-order chi connectivity index (χ1) is 11.0. The quantitative estimate of drug-likeness (QED) is 0.565. The van der Waals surface area contributed by atoms with E-state index in [1.54, 1.807) is 24.3 Å². The molecule has 2 heterocycles. The highest BCUT2D eigenvalue weighted by molar-refractivity contribution is 7.71. The van der Waals surface area contributed by atoms with Crippen molar-refractivity contribution in [3.05, 3.63) is 68.0 Å². The normalized spacial score (nSPS) is 16.5. The van der Waals surface area contributed by atoms with Crippen molar-refractivity contribution in [2.45, 2.75) is 5.92 Å². The van der Waals surface area contributed by atoms with Crippen LogP contribution in [0.25, 0.3) is 0 Å². The zero-order valence-corrected chi connectivity index (χ0v) is 12.9. The van der Waals surface area contributed by atoms with E-state index in [-0.39, 0.29) is 27.7 Å². The average Bonchev–Trinajstić information content (AvgIpc) is 2.53. The number of aromatic amines is 2. The van der Waals surface area contributed by atoms with Gasteiger partial charge in [-0.25, -0.2) is 4.79 Å². The van der Waals surface area contributed by atoms with Gasteiger partial charge in [-0.15, -0.1) is 0 Å². The molecule has 1 atom stereocenters. The number of nitrogens with one attached hydrogen (secondary N) is 2. The van der Waals surface area contributed by atoms with Gasteiger partial charge < -0.3 is 20.2 Å². The molecular formula is C15H13N3O4S. The summed E-state index contributed by atoms with van der Waals surface area (Å²) in [6.45, 7) is 0. The predicted octanol–water partition coefficient (Wildman–Crippen LogP) is 1.30. The van der Waals surface area contributed by atoms with Gasteiger partial charge in [0.1, 0.15) is 5.57 Å². The van der Waals surface area contributed by atoms with E-state index in [0.717, 1.165) is 0 Å². The van der Waals surface area contributed by atoms with Crippen molar-refractivity contribution in [3.63, 3.8) is 0 Å². The molecule has 4 N–H and O–H groups in total. The summed E-state index contributed by atoms with van der Waals surface area (Å²) in [7, 11) is 1.24. The Bertz CT molecular complexity index is 914. The van der Waals surface area contributed by atoms with Crippen LogP contribution in [0.4, 0.5) is 0 Å². The van der Waals surface area contributed by atoms with Gasteiger partial charge in [-0.1, -0.05) is 30.3 Å². The fourth-order valence-corrected chi connectivity index (χ4v) is 2.76. The number of benzene rings is 1. The fraction of sp³-hybridized carbons (Fsp3) is 0.133. The second kappa shape index (κ2) is 5.73. The van der Waals surface area contributed by atoms with Gasteiger partial charge in [0.25, 0.3) is 5.56 Å². The Balaban J connectivity index is 2.33. The second-order valence-electron chi connectivity index (χ2n) is 4.87. The molecule has 0 bridgehead atoms. The van der Waals surface area contributed by atoms with E-state index >= 15 is 0 Å². The van der Waals surface area contributed by atoms with Crippen LogP contribution in [0, 0.1) is 4.77 Å². The van der Waals surface area contributed by atoms with Gasteiger partial charge in [0.2, 0.25) is 11.8 Å². The minimum Gasteiger partial charge on any atom is -0.465 e. The first-order valence-corrected chi connectivity index (χ1v) is 7.11. The summed E-state index contributed by atoms with van der Waals surface area (Å²) in [5, 5.41) is 0. The maximum absolute atomic E-state index is 12.4. The molecule has 7 nitrogen and oxygen atoms in total. The van der Waals surface area contributed by atoms with Gasteiger partial charge in [-0.2, -0.15) is 0 Å². The van der Waals surface area contributed by atoms with Crippen LogP contribution in [0.15, 0.2) is 46.6 Å². The Morgan fingerprint density at radius 3 is 2.65 bits per heavy atom. The third-order valence-corrected chi connectivity index (χ3v) is 3.74. The van der Waals surface area contributed by atoms with E-state index < -0.39 is 17.4 Å². The van der Waals surface area contributed by atoms with Crippen LogP contribution in [0.5, 0.6) is 5.88 Å². The molecule has 23 heavy (non-hydrogen) atoms. The molecule has 0 radical (unpaired) electrons. The summed E-state index contributed by atoms with van der Waals surface area (Å²) in [5.74, 6) is -1.39. The van der Waals surface area contributed by atoms with Crippen molar-refractivity contribution in [1.82, 2.24) is 9.97 Å². The molecule has 2 aromatic rings. The lowest BCUT2D eigenvalue weighted by molar-refractivity contribution is -0.136. The Labute approximate surface area is 135 Å². The number of methoxy groups -OCH3 is 1. The number of carbonyl (C=O) groups excluding carboxylic acids is 1. The Morgan fingerprint density at radius 2 is 2.00 bits per heavy atom. The predicted molar refractivity (Wildman–Crippen MR) is 84.4 cm³/mol. The first kappa shape index (κ1) is 15.0. The van der Waals surface area contributed by atoms with Gasteiger partial charge in [-0.3, -0.25) is 9.78 Å². The molecule has 0 aliphatic carbocycles. The second-order valence-corrected chi connectivity index (χ2v) is 5.27. The van der Waals surface area contributed by atoms with Gasteiger partial charge in [0.05, 0.1) is 18.6 Å². The lowest BCUT2D eigenvalue weighted by Crippen LogP contribution is -2.32. The SMILES string of the molecule is COC(=O)C1=C(N)Oc2[nH]c(=S)[nH]c(=O)c2C1c1ccccc1. The number of H-pyrrole nitrogens is 2. The van der Waals surface area contributed by atoms with Crippen LogP contribution >= 0.6 is 12.2 Å². The van der Waals surface area contributed by atoms with Crippen LogP contribution in [0.3, 0.4) is 0 Å². The molecule has 8 heteroatoms. The van der Waals surface area contributed by atoms with E-state index in [1.165, 1.54) is 7.11 Å². The standard InChI is InChI=1S/C15H13N3O4S/c1-21-14(20)9-8(7-5-3-2-4-6-7)10-12(19)17-15(23)18-13(10)22-11(9)16/h2-6,8H,16H2,1H3,(H2,17,18,19,23). The van der Waals surface area contributed by atoms with E-state index in [0.29, 0.717) is 5.56 Å². The number of aromatic nitrogens is 2. The molecule has 3 rings (SSSR count). The minimum atomic E-state index is -0.719. The molecule has 0 saturated carbocycles. The maximum Gasteiger partial charge on any atom is 0.340 e. The number of fused-ring (bicyclic) bond motifs is 1. The summed E-state index contributed by atoms with van der Waals surface area (Å²) in [5.41, 5.74) is 6.43. The number of nitrogens with two attached hydrogens (primary N) is 1. The summed E-state index contributed by atoms with van der Waals surface area (Å²) in [4.78, 5) is 29.8. The molecule has 1 unspecified atom stereocenters. The Morgan fingerprint density at radius 1 is 1.30 bits per heavy atom. The summed E-state index contributed by atoms with van der Waals surface area (Å²) < 4.78 is 10.3. The van der Waals surface area contributed by atoms with Crippen molar-refractivity contribution in [3.8, 4) is 5.88 Å². The number of ether oxygens (including phenoxy) is 2. The van der Waals surface area contributed by atoms with E-state index in [1.807, 2.05) is 6.07 Å². The molecule has 118 valence electrons. The number of hydrogen-bond donors (Lipinski definition) is 3. The smallest absolute Gasteiger partial charge is 0.340 e. The topological polar surface area (TPSA) is 110 Å². The number of rotatable bonds is 2. The molecule has 1 aliphatic heterocycles. The molecule has 1 aliphatic rings. The Hall–Kier alpha value is -2.87. The van der Waals surface area contributed by atoms with Gasteiger partial charge in [-0.05, 0) is 17.8 Å². The lowest BCUT2D eigenvalue weighted by Gasteiger charge is -2.26. The highest BCUT2D eigenvalue weighted by Crippen LogP contribution is 2.39. The lowest BCUT2D eigenvalue weighted by atomic mass is 9.84. The molecule has 0 spiro atoms. The van der Waals surface area contributed by atoms with Crippen molar-refractivity contribution in [1.29, 1.82) is 0 Å². The third kappa shape index (κ3) is 2.53. The van der Waals surface area contributed by atoms with E-state index in [9.17, 15) is 9.59 Å². The monoisotopic (exact) mass is 331 g/mol. The van der Waals surface area contributed by atoms with Crippen molar-refractivity contribution in [2.75, 3.05) is 7.11 Å². The molecule has 1 aromatic carbocycles. The van der Waals surface area contributed by atoms with Gasteiger partial charge in [0, 0.05) is 0 Å². The largest absolute Gasteiger partial charge is 0.465 e. The third-order valence-electron chi connectivity index (χ3n) is 3.54. The van der Waals surface area contributed by atoms with Crippen molar-refractivity contribution < 1.29 is 14.3 Å².